The number of halogens is 2. The molecule has 2 aromatic rings. The summed E-state index contributed by atoms with van der Waals surface area (Å²) >= 11 is 0. The molecule has 1 aliphatic rings. The van der Waals surface area contributed by atoms with Crippen molar-refractivity contribution in [1.82, 2.24) is 9.97 Å². The Labute approximate surface area is 113 Å². The highest BCUT2D eigenvalue weighted by atomic mass is 19.1. The van der Waals surface area contributed by atoms with Crippen LogP contribution in [0.4, 0.5) is 14.5 Å². The molecule has 1 aromatic heterocycles. The first kappa shape index (κ1) is 12.7. The molecule has 1 saturated carbocycles. The van der Waals surface area contributed by atoms with Gasteiger partial charge in [0.15, 0.2) is 0 Å². The number of hydrogen-bond donors (Lipinski definition) is 1. The highest BCUT2D eigenvalue weighted by Gasteiger charge is 2.26. The molecule has 4 nitrogen and oxygen atoms in total. The quantitative estimate of drug-likeness (QED) is 0.937. The predicted molar refractivity (Wildman–Crippen MR) is 68.3 cm³/mol. The molecule has 1 amide bonds. The molecule has 1 heterocycles. The van der Waals surface area contributed by atoms with E-state index in [1.54, 1.807) is 0 Å². The first-order valence-electron chi connectivity index (χ1n) is 6.22. The maximum absolute atomic E-state index is 13.4. The Hall–Kier alpha value is -2.37. The number of aromatic nitrogens is 2. The second-order valence-electron chi connectivity index (χ2n) is 4.68. The fourth-order valence-electron chi connectivity index (χ4n) is 1.79. The Morgan fingerprint density at radius 1 is 1.20 bits per heavy atom. The zero-order valence-corrected chi connectivity index (χ0v) is 10.4. The van der Waals surface area contributed by atoms with Gasteiger partial charge in [0.2, 0.25) is 0 Å². The van der Waals surface area contributed by atoms with Crippen molar-refractivity contribution in [2.45, 2.75) is 18.8 Å². The molecule has 0 atom stereocenters. The van der Waals surface area contributed by atoms with Gasteiger partial charge >= 0.3 is 0 Å². The first-order chi connectivity index (χ1) is 9.63. The maximum atomic E-state index is 13.4. The normalized spacial score (nSPS) is 14.1. The molecule has 3 rings (SSSR count). The third-order valence-corrected chi connectivity index (χ3v) is 3.06. The van der Waals surface area contributed by atoms with Gasteiger partial charge in [-0.3, -0.25) is 4.79 Å². The van der Waals surface area contributed by atoms with Crippen LogP contribution in [-0.4, -0.2) is 15.9 Å². The van der Waals surface area contributed by atoms with Crippen molar-refractivity contribution in [3.8, 4) is 0 Å². The van der Waals surface area contributed by atoms with Crippen LogP contribution in [0.2, 0.25) is 0 Å². The molecular weight excluding hydrogens is 264 g/mol. The van der Waals surface area contributed by atoms with Crippen molar-refractivity contribution in [2.24, 2.45) is 0 Å². The second kappa shape index (κ2) is 4.96. The third-order valence-electron chi connectivity index (χ3n) is 3.06. The number of nitrogens with one attached hydrogen (secondary N) is 1. The molecule has 1 N–H and O–H groups in total. The fourth-order valence-corrected chi connectivity index (χ4v) is 1.79. The molecule has 102 valence electrons. The summed E-state index contributed by atoms with van der Waals surface area (Å²) < 4.78 is 26.2. The van der Waals surface area contributed by atoms with Crippen molar-refractivity contribution < 1.29 is 13.6 Å². The van der Waals surface area contributed by atoms with Crippen LogP contribution in [0.1, 0.15) is 34.9 Å². The number of hydrogen-bond acceptors (Lipinski definition) is 3. The van der Waals surface area contributed by atoms with Crippen molar-refractivity contribution in [3.05, 3.63) is 53.6 Å². The van der Waals surface area contributed by atoms with Crippen LogP contribution in [0.3, 0.4) is 0 Å². The van der Waals surface area contributed by atoms with Crippen molar-refractivity contribution in [2.75, 3.05) is 5.32 Å². The zero-order chi connectivity index (χ0) is 14.1. The van der Waals surface area contributed by atoms with Gasteiger partial charge in [-0.2, -0.15) is 0 Å². The number of rotatable bonds is 3. The van der Waals surface area contributed by atoms with E-state index < -0.39 is 17.5 Å². The Bertz CT molecular complexity index is 654. The van der Waals surface area contributed by atoms with Gasteiger partial charge in [-0.25, -0.2) is 18.7 Å². The molecule has 6 heteroatoms. The minimum atomic E-state index is -0.825. The van der Waals surface area contributed by atoms with Gasteiger partial charge in [-0.15, -0.1) is 0 Å². The fraction of sp³-hybridized carbons (Fsp3) is 0.214. The molecule has 0 aliphatic heterocycles. The van der Waals surface area contributed by atoms with Crippen LogP contribution in [-0.2, 0) is 0 Å². The molecule has 0 unspecified atom stereocenters. The molecule has 1 aliphatic carbocycles. The standard InChI is InChI=1S/C14H11F2N3O/c15-10-3-4-12(11(16)5-10)19-14(20)9-6-17-13(18-7-9)8-1-2-8/h3-8H,1-2H2,(H,19,20). The van der Waals surface area contributed by atoms with E-state index in [0.717, 1.165) is 24.7 Å². The zero-order valence-electron chi connectivity index (χ0n) is 10.4. The van der Waals surface area contributed by atoms with E-state index in [2.05, 4.69) is 15.3 Å². The van der Waals surface area contributed by atoms with Crippen LogP contribution in [0.25, 0.3) is 0 Å². The maximum Gasteiger partial charge on any atom is 0.258 e. The van der Waals surface area contributed by atoms with Gasteiger partial charge in [-0.05, 0) is 25.0 Å². The Morgan fingerprint density at radius 3 is 2.50 bits per heavy atom. The predicted octanol–water partition coefficient (Wildman–Crippen LogP) is 2.88. The lowest BCUT2D eigenvalue weighted by Crippen LogP contribution is -2.14. The Morgan fingerprint density at radius 2 is 1.90 bits per heavy atom. The summed E-state index contributed by atoms with van der Waals surface area (Å²) in [7, 11) is 0. The van der Waals surface area contributed by atoms with Gasteiger partial charge in [0.1, 0.15) is 17.5 Å². The van der Waals surface area contributed by atoms with Crippen molar-refractivity contribution in [1.29, 1.82) is 0 Å². The molecule has 0 saturated heterocycles. The second-order valence-corrected chi connectivity index (χ2v) is 4.68. The average Bonchev–Trinajstić information content (AvgIpc) is 3.26. The molecule has 0 bridgehead atoms. The molecular formula is C14H11F2N3O. The number of carbonyl (C=O) groups is 1. The van der Waals surface area contributed by atoms with E-state index in [4.69, 9.17) is 0 Å². The van der Waals surface area contributed by atoms with E-state index in [1.807, 2.05) is 0 Å². The highest BCUT2D eigenvalue weighted by Crippen LogP contribution is 2.37. The van der Waals surface area contributed by atoms with Crippen LogP contribution < -0.4 is 5.32 Å². The minimum Gasteiger partial charge on any atom is -0.319 e. The lowest BCUT2D eigenvalue weighted by atomic mass is 10.2. The Balaban J connectivity index is 1.74. The lowest BCUT2D eigenvalue weighted by Gasteiger charge is -2.06. The van der Waals surface area contributed by atoms with Gasteiger partial charge in [0.05, 0.1) is 11.3 Å². The topological polar surface area (TPSA) is 54.9 Å². The third kappa shape index (κ3) is 2.64. The Kier molecular flexibility index (Phi) is 3.14. The number of anilines is 1. The van der Waals surface area contributed by atoms with Crippen LogP contribution in [0.15, 0.2) is 30.6 Å². The summed E-state index contributed by atoms with van der Waals surface area (Å²) in [5, 5.41) is 2.36. The smallest absolute Gasteiger partial charge is 0.258 e. The number of amides is 1. The lowest BCUT2D eigenvalue weighted by molar-refractivity contribution is 0.102. The van der Waals surface area contributed by atoms with Gasteiger partial charge in [-0.1, -0.05) is 0 Å². The van der Waals surface area contributed by atoms with E-state index in [-0.39, 0.29) is 11.3 Å². The summed E-state index contributed by atoms with van der Waals surface area (Å²) in [6.07, 6.45) is 4.98. The molecule has 1 aromatic carbocycles. The molecule has 0 spiro atoms. The summed E-state index contributed by atoms with van der Waals surface area (Å²) in [6, 6.07) is 2.95. The van der Waals surface area contributed by atoms with E-state index in [9.17, 15) is 13.6 Å². The highest BCUT2D eigenvalue weighted by molar-refractivity contribution is 6.03. The van der Waals surface area contributed by atoms with E-state index in [0.29, 0.717) is 12.0 Å². The SMILES string of the molecule is O=C(Nc1ccc(F)cc1F)c1cnc(C2CC2)nc1. The van der Waals surface area contributed by atoms with E-state index >= 15 is 0 Å². The van der Waals surface area contributed by atoms with Crippen LogP contribution in [0.5, 0.6) is 0 Å². The molecule has 1 fully saturated rings. The number of nitrogens with zero attached hydrogens (tertiary/aromatic N) is 2. The van der Waals surface area contributed by atoms with Crippen LogP contribution >= 0.6 is 0 Å². The van der Waals surface area contributed by atoms with Crippen molar-refractivity contribution >= 4 is 11.6 Å². The summed E-state index contributed by atoms with van der Waals surface area (Å²) in [6.45, 7) is 0. The van der Waals surface area contributed by atoms with E-state index in [1.165, 1.54) is 18.5 Å². The van der Waals surface area contributed by atoms with Crippen LogP contribution in [0, 0.1) is 11.6 Å². The van der Waals surface area contributed by atoms with Gasteiger partial charge in [0.25, 0.3) is 5.91 Å². The molecule has 0 radical (unpaired) electrons. The van der Waals surface area contributed by atoms with Gasteiger partial charge < -0.3 is 5.32 Å². The summed E-state index contributed by atoms with van der Waals surface area (Å²) in [5.41, 5.74) is 0.154. The monoisotopic (exact) mass is 275 g/mol. The average molecular weight is 275 g/mol. The molecule has 20 heavy (non-hydrogen) atoms. The van der Waals surface area contributed by atoms with Gasteiger partial charge in [0, 0.05) is 24.4 Å². The minimum absolute atomic E-state index is 0.0809. The summed E-state index contributed by atoms with van der Waals surface area (Å²) in [4.78, 5) is 20.1. The number of benzene rings is 1. The largest absolute Gasteiger partial charge is 0.319 e. The summed E-state index contributed by atoms with van der Waals surface area (Å²) in [5.74, 6) is -0.916. The van der Waals surface area contributed by atoms with Crippen molar-refractivity contribution in [3.63, 3.8) is 0 Å². The first-order valence-corrected chi connectivity index (χ1v) is 6.22. The number of carbonyl (C=O) groups excluding carboxylic acids is 1.